The largest absolute Gasteiger partial charge is 0.461 e. The van der Waals surface area contributed by atoms with Crippen molar-refractivity contribution in [3.63, 3.8) is 0 Å². The molecule has 118 valence electrons. The van der Waals surface area contributed by atoms with E-state index in [1.807, 2.05) is 0 Å². The molecule has 1 aliphatic rings. The van der Waals surface area contributed by atoms with Crippen LogP contribution in [0.15, 0.2) is 27.3 Å². The molecule has 0 aliphatic heterocycles. The van der Waals surface area contributed by atoms with Crippen LogP contribution in [0, 0.1) is 0 Å². The van der Waals surface area contributed by atoms with E-state index in [2.05, 4.69) is 15.5 Å². The van der Waals surface area contributed by atoms with Gasteiger partial charge in [-0.3, -0.25) is 4.79 Å². The monoisotopic (exact) mass is 303 g/mol. The lowest BCUT2D eigenvalue weighted by Crippen LogP contribution is -2.34. The molecule has 0 bridgehead atoms. The van der Waals surface area contributed by atoms with E-state index in [9.17, 15) is 4.79 Å². The third kappa shape index (κ3) is 3.96. The summed E-state index contributed by atoms with van der Waals surface area (Å²) < 4.78 is 10.4. The molecule has 0 unspecified atom stereocenters. The van der Waals surface area contributed by atoms with E-state index < -0.39 is 0 Å². The third-order valence-electron chi connectivity index (χ3n) is 4.00. The van der Waals surface area contributed by atoms with Gasteiger partial charge in [0.15, 0.2) is 5.76 Å². The van der Waals surface area contributed by atoms with Crippen LogP contribution >= 0.6 is 0 Å². The molecule has 0 saturated heterocycles. The molecule has 0 spiro atoms. The zero-order valence-corrected chi connectivity index (χ0v) is 12.6. The summed E-state index contributed by atoms with van der Waals surface area (Å²) in [6.07, 6.45) is 9.55. The number of nitrogens with zero attached hydrogens (tertiary/aromatic N) is 2. The smallest absolute Gasteiger partial charge is 0.238 e. The third-order valence-corrected chi connectivity index (χ3v) is 4.00. The van der Waals surface area contributed by atoms with Gasteiger partial charge in [0.25, 0.3) is 0 Å². The van der Waals surface area contributed by atoms with Crippen molar-refractivity contribution >= 4 is 5.91 Å². The van der Waals surface area contributed by atoms with Gasteiger partial charge in [0.1, 0.15) is 0 Å². The molecule has 0 aromatic carbocycles. The maximum atomic E-state index is 12.0. The number of aromatic nitrogens is 2. The second-order valence-corrected chi connectivity index (χ2v) is 5.75. The van der Waals surface area contributed by atoms with E-state index in [-0.39, 0.29) is 5.91 Å². The molecule has 1 saturated carbocycles. The summed E-state index contributed by atoms with van der Waals surface area (Å²) in [4.78, 5) is 16.2. The lowest BCUT2D eigenvalue weighted by molar-refractivity contribution is -0.121. The van der Waals surface area contributed by atoms with Crippen molar-refractivity contribution in [1.82, 2.24) is 15.5 Å². The minimum absolute atomic E-state index is 0.0599. The Labute approximate surface area is 129 Å². The van der Waals surface area contributed by atoms with Gasteiger partial charge in [0.2, 0.25) is 17.6 Å². The first-order chi connectivity index (χ1) is 10.8. The fourth-order valence-electron chi connectivity index (χ4n) is 2.81. The molecular formula is C16H21N3O3. The Morgan fingerprint density at radius 1 is 1.27 bits per heavy atom. The van der Waals surface area contributed by atoms with Crippen LogP contribution in [0.1, 0.15) is 50.8 Å². The molecule has 1 aliphatic carbocycles. The second kappa shape index (κ2) is 7.24. The minimum Gasteiger partial charge on any atom is -0.461 e. The van der Waals surface area contributed by atoms with E-state index >= 15 is 0 Å². The van der Waals surface area contributed by atoms with Crippen LogP contribution < -0.4 is 5.32 Å². The van der Waals surface area contributed by atoms with Gasteiger partial charge >= 0.3 is 0 Å². The molecule has 1 N–H and O–H groups in total. The van der Waals surface area contributed by atoms with Gasteiger partial charge in [-0.15, -0.1) is 0 Å². The highest BCUT2D eigenvalue weighted by Crippen LogP contribution is 2.18. The Bertz CT molecular complexity index is 584. The molecule has 2 aromatic heterocycles. The van der Waals surface area contributed by atoms with Crippen LogP contribution in [0.3, 0.4) is 0 Å². The van der Waals surface area contributed by atoms with Crippen LogP contribution in [-0.4, -0.2) is 22.1 Å². The highest BCUT2D eigenvalue weighted by Gasteiger charge is 2.16. The number of carbonyl (C=O) groups excluding carboxylic acids is 1. The van der Waals surface area contributed by atoms with Gasteiger partial charge < -0.3 is 14.3 Å². The van der Waals surface area contributed by atoms with Crippen molar-refractivity contribution in [3.8, 4) is 11.6 Å². The Kier molecular flexibility index (Phi) is 4.88. The summed E-state index contributed by atoms with van der Waals surface area (Å²) in [6.45, 7) is 0. The van der Waals surface area contributed by atoms with Gasteiger partial charge in [-0.25, -0.2) is 0 Å². The summed E-state index contributed by atoms with van der Waals surface area (Å²) in [7, 11) is 0. The van der Waals surface area contributed by atoms with Gasteiger partial charge in [0.05, 0.1) is 6.26 Å². The maximum Gasteiger partial charge on any atom is 0.238 e. The van der Waals surface area contributed by atoms with Crippen molar-refractivity contribution in [2.24, 2.45) is 0 Å². The number of rotatable bonds is 5. The number of hydrogen-bond acceptors (Lipinski definition) is 5. The van der Waals surface area contributed by atoms with Crippen molar-refractivity contribution in [2.45, 2.75) is 57.4 Å². The number of hydrogen-bond donors (Lipinski definition) is 1. The van der Waals surface area contributed by atoms with Gasteiger partial charge in [-0.05, 0) is 25.0 Å². The zero-order valence-electron chi connectivity index (χ0n) is 12.6. The first-order valence-electron chi connectivity index (χ1n) is 7.97. The highest BCUT2D eigenvalue weighted by atomic mass is 16.5. The Balaban J connectivity index is 1.46. The average molecular weight is 303 g/mol. The van der Waals surface area contributed by atoms with E-state index in [0.717, 1.165) is 12.8 Å². The van der Waals surface area contributed by atoms with Crippen LogP contribution in [0.2, 0.25) is 0 Å². The van der Waals surface area contributed by atoms with Gasteiger partial charge in [0, 0.05) is 18.9 Å². The fraction of sp³-hybridized carbons (Fsp3) is 0.562. The topological polar surface area (TPSA) is 81.2 Å². The fourth-order valence-corrected chi connectivity index (χ4v) is 2.81. The van der Waals surface area contributed by atoms with Crippen LogP contribution in [0.5, 0.6) is 0 Å². The van der Waals surface area contributed by atoms with Crippen molar-refractivity contribution < 1.29 is 13.7 Å². The zero-order chi connectivity index (χ0) is 15.2. The summed E-state index contributed by atoms with van der Waals surface area (Å²) in [6, 6.07) is 3.87. The van der Waals surface area contributed by atoms with Crippen molar-refractivity contribution in [2.75, 3.05) is 0 Å². The number of furan rings is 1. The molecule has 0 atom stereocenters. The summed E-state index contributed by atoms with van der Waals surface area (Å²) >= 11 is 0. The molecule has 1 amide bonds. The minimum atomic E-state index is 0.0599. The summed E-state index contributed by atoms with van der Waals surface area (Å²) in [5, 5.41) is 6.97. The molecule has 22 heavy (non-hydrogen) atoms. The van der Waals surface area contributed by atoms with Gasteiger partial charge in [-0.1, -0.05) is 30.8 Å². The number of nitrogens with one attached hydrogen (secondary N) is 1. The first-order valence-corrected chi connectivity index (χ1v) is 7.97. The first kappa shape index (κ1) is 14.8. The summed E-state index contributed by atoms with van der Waals surface area (Å²) in [5.41, 5.74) is 0. The molecule has 3 rings (SSSR count). The Morgan fingerprint density at radius 3 is 2.82 bits per heavy atom. The number of aryl methyl sites for hydroxylation is 1. The lowest BCUT2D eigenvalue weighted by atomic mass is 10.1. The van der Waals surface area contributed by atoms with E-state index in [0.29, 0.717) is 36.4 Å². The molecule has 2 heterocycles. The average Bonchev–Trinajstić information content (AvgIpc) is 3.14. The Morgan fingerprint density at radius 2 is 2.09 bits per heavy atom. The van der Waals surface area contributed by atoms with Crippen molar-refractivity contribution in [1.29, 1.82) is 0 Å². The lowest BCUT2D eigenvalue weighted by Gasteiger charge is -2.15. The van der Waals surface area contributed by atoms with Crippen LogP contribution in [-0.2, 0) is 11.2 Å². The van der Waals surface area contributed by atoms with Crippen LogP contribution in [0.4, 0.5) is 0 Å². The number of amides is 1. The van der Waals surface area contributed by atoms with Gasteiger partial charge in [-0.2, -0.15) is 4.98 Å². The highest BCUT2D eigenvalue weighted by molar-refractivity contribution is 5.76. The molecule has 0 radical (unpaired) electrons. The van der Waals surface area contributed by atoms with E-state index in [1.54, 1.807) is 18.4 Å². The normalized spacial score (nSPS) is 16.4. The molecule has 6 nitrogen and oxygen atoms in total. The predicted molar refractivity (Wildman–Crippen MR) is 80.0 cm³/mol. The van der Waals surface area contributed by atoms with E-state index in [4.69, 9.17) is 8.94 Å². The predicted octanol–water partition coefficient (Wildman–Crippen LogP) is 3.10. The molecule has 1 fully saturated rings. The van der Waals surface area contributed by atoms with Crippen molar-refractivity contribution in [3.05, 3.63) is 24.3 Å². The SMILES string of the molecule is O=C(CCc1nc(-c2ccco2)no1)NC1CCCCCC1. The molecule has 6 heteroatoms. The molecule has 2 aromatic rings. The quantitative estimate of drug-likeness (QED) is 0.858. The standard InChI is InChI=1S/C16H21N3O3/c20-14(17-12-6-3-1-2-4-7-12)9-10-15-18-16(19-22-15)13-8-5-11-21-13/h5,8,11-12H,1-4,6-7,9-10H2,(H,17,20). The van der Waals surface area contributed by atoms with Crippen LogP contribution in [0.25, 0.3) is 11.6 Å². The Hall–Kier alpha value is -2.11. The molecular weight excluding hydrogens is 282 g/mol. The maximum absolute atomic E-state index is 12.0. The summed E-state index contributed by atoms with van der Waals surface area (Å²) in [5.74, 6) is 1.51. The number of carbonyl (C=O) groups is 1. The van der Waals surface area contributed by atoms with E-state index in [1.165, 1.54) is 25.7 Å². The second-order valence-electron chi connectivity index (χ2n) is 5.75.